The van der Waals surface area contributed by atoms with Crippen LogP contribution in [0.3, 0.4) is 0 Å². The van der Waals surface area contributed by atoms with Crippen molar-refractivity contribution in [1.82, 2.24) is 24.9 Å². The lowest BCUT2D eigenvalue weighted by atomic mass is 10.2. The summed E-state index contributed by atoms with van der Waals surface area (Å²) in [6.45, 7) is 2.45. The fraction of sp³-hybridized carbons (Fsp3) is 0.200. The predicted molar refractivity (Wildman–Crippen MR) is 78.0 cm³/mol. The molecule has 0 radical (unpaired) electrons. The van der Waals surface area contributed by atoms with E-state index in [1.54, 1.807) is 24.5 Å². The van der Waals surface area contributed by atoms with Crippen molar-refractivity contribution >= 4 is 11.6 Å². The Morgan fingerprint density at radius 1 is 1.24 bits per heavy atom. The molecule has 6 nitrogen and oxygen atoms in total. The van der Waals surface area contributed by atoms with Gasteiger partial charge in [-0.15, -0.1) is 10.2 Å². The average Bonchev–Trinajstić information content (AvgIpc) is 2.89. The number of carbonyl (C=O) groups excluding carboxylic acids is 1. The van der Waals surface area contributed by atoms with Gasteiger partial charge in [0.25, 0.3) is 5.91 Å². The second-order valence-corrected chi connectivity index (χ2v) is 4.75. The highest BCUT2D eigenvalue weighted by Crippen LogP contribution is 2.07. The van der Waals surface area contributed by atoms with E-state index in [2.05, 4.69) is 20.5 Å². The Morgan fingerprint density at radius 2 is 2.05 bits per heavy atom. The number of amides is 1. The van der Waals surface area contributed by atoms with Gasteiger partial charge in [0.2, 0.25) is 0 Å². The molecule has 1 N–H and O–H groups in total. The molecular weight excluding hydrogens is 266 g/mol. The van der Waals surface area contributed by atoms with Crippen molar-refractivity contribution in [3.8, 4) is 0 Å². The monoisotopic (exact) mass is 281 g/mol. The number of hydrogen-bond donors (Lipinski definition) is 1. The summed E-state index contributed by atoms with van der Waals surface area (Å²) in [5, 5.41) is 10.9. The summed E-state index contributed by atoms with van der Waals surface area (Å²) in [4.78, 5) is 16.1. The van der Waals surface area contributed by atoms with Gasteiger partial charge in [-0.2, -0.15) is 0 Å². The van der Waals surface area contributed by atoms with Crippen molar-refractivity contribution in [2.75, 3.05) is 6.54 Å². The molecule has 0 bridgehead atoms. The van der Waals surface area contributed by atoms with E-state index in [0.29, 0.717) is 17.8 Å². The van der Waals surface area contributed by atoms with Crippen molar-refractivity contribution in [3.63, 3.8) is 0 Å². The highest BCUT2D eigenvalue weighted by Gasteiger charge is 2.08. The molecular formula is C15H15N5O. The van der Waals surface area contributed by atoms with Gasteiger partial charge in [-0.05, 0) is 43.2 Å². The van der Waals surface area contributed by atoms with Crippen LogP contribution in [0.1, 0.15) is 21.7 Å². The molecule has 0 saturated heterocycles. The summed E-state index contributed by atoms with van der Waals surface area (Å²) in [7, 11) is 0. The van der Waals surface area contributed by atoms with Crippen LogP contribution in [0.25, 0.3) is 5.65 Å². The van der Waals surface area contributed by atoms with Crippen LogP contribution in [0, 0.1) is 6.92 Å². The lowest BCUT2D eigenvalue weighted by molar-refractivity contribution is 0.0954. The van der Waals surface area contributed by atoms with Gasteiger partial charge in [0.05, 0.1) is 0 Å². The van der Waals surface area contributed by atoms with Crippen LogP contribution < -0.4 is 5.32 Å². The van der Waals surface area contributed by atoms with Crippen molar-refractivity contribution in [3.05, 3.63) is 59.8 Å². The molecule has 1 amide bonds. The Morgan fingerprint density at radius 3 is 2.86 bits per heavy atom. The second kappa shape index (κ2) is 5.70. The normalized spacial score (nSPS) is 10.7. The molecule has 0 spiro atoms. The minimum absolute atomic E-state index is 0.104. The number of rotatable bonds is 4. The molecule has 0 fully saturated rings. The lowest BCUT2D eigenvalue weighted by Crippen LogP contribution is -2.25. The summed E-state index contributed by atoms with van der Waals surface area (Å²) >= 11 is 0. The van der Waals surface area contributed by atoms with Crippen molar-refractivity contribution in [2.45, 2.75) is 13.3 Å². The molecule has 3 aromatic heterocycles. The maximum atomic E-state index is 12.1. The van der Waals surface area contributed by atoms with E-state index in [9.17, 15) is 4.79 Å². The lowest BCUT2D eigenvalue weighted by Gasteiger charge is -2.05. The van der Waals surface area contributed by atoms with Crippen LogP contribution in [0.4, 0.5) is 0 Å². The Balaban J connectivity index is 1.64. The molecule has 0 aliphatic carbocycles. The SMILES string of the molecule is Cc1nnc2cc(C(=O)NCCc3ccncc3)ccn12. The summed E-state index contributed by atoms with van der Waals surface area (Å²) in [6.07, 6.45) is 6.08. The van der Waals surface area contributed by atoms with E-state index >= 15 is 0 Å². The van der Waals surface area contributed by atoms with Crippen molar-refractivity contribution in [2.24, 2.45) is 0 Å². The van der Waals surface area contributed by atoms with Gasteiger partial charge >= 0.3 is 0 Å². The smallest absolute Gasteiger partial charge is 0.251 e. The van der Waals surface area contributed by atoms with Gasteiger partial charge in [-0.1, -0.05) is 0 Å². The predicted octanol–water partition coefficient (Wildman–Crippen LogP) is 1.41. The Kier molecular flexibility index (Phi) is 3.59. The third-order valence-corrected chi connectivity index (χ3v) is 3.29. The molecule has 3 heterocycles. The van der Waals surface area contributed by atoms with Gasteiger partial charge < -0.3 is 5.32 Å². The van der Waals surface area contributed by atoms with E-state index < -0.39 is 0 Å². The van der Waals surface area contributed by atoms with Gasteiger partial charge in [-0.25, -0.2) is 0 Å². The number of pyridine rings is 2. The first-order chi connectivity index (χ1) is 10.2. The Bertz CT molecular complexity index is 766. The maximum absolute atomic E-state index is 12.1. The van der Waals surface area contributed by atoms with Crippen molar-refractivity contribution in [1.29, 1.82) is 0 Å². The number of hydrogen-bond acceptors (Lipinski definition) is 4. The molecule has 0 aliphatic heterocycles. The number of fused-ring (bicyclic) bond motifs is 1. The second-order valence-electron chi connectivity index (χ2n) is 4.75. The topological polar surface area (TPSA) is 72.2 Å². The molecule has 106 valence electrons. The first-order valence-corrected chi connectivity index (χ1v) is 6.72. The van der Waals surface area contributed by atoms with Crippen LogP contribution in [-0.4, -0.2) is 32.0 Å². The molecule has 0 atom stereocenters. The van der Waals surface area contributed by atoms with Crippen molar-refractivity contribution < 1.29 is 4.79 Å². The molecule has 3 aromatic rings. The molecule has 6 heteroatoms. The fourth-order valence-corrected chi connectivity index (χ4v) is 2.12. The molecule has 0 saturated carbocycles. The highest BCUT2D eigenvalue weighted by atomic mass is 16.1. The third-order valence-electron chi connectivity index (χ3n) is 3.29. The molecule has 0 aliphatic rings. The van der Waals surface area contributed by atoms with Crippen LogP contribution in [0.15, 0.2) is 42.9 Å². The van der Waals surface area contributed by atoms with Crippen LogP contribution in [0.2, 0.25) is 0 Å². The number of carbonyl (C=O) groups is 1. The first kappa shape index (κ1) is 13.2. The minimum atomic E-state index is -0.104. The molecule has 21 heavy (non-hydrogen) atoms. The molecule has 0 aromatic carbocycles. The number of nitrogens with one attached hydrogen (secondary N) is 1. The minimum Gasteiger partial charge on any atom is -0.352 e. The quantitative estimate of drug-likeness (QED) is 0.784. The molecule has 0 unspecified atom stereocenters. The number of nitrogens with zero attached hydrogens (tertiary/aromatic N) is 4. The van der Waals surface area contributed by atoms with Crippen LogP contribution in [0.5, 0.6) is 0 Å². The average molecular weight is 281 g/mol. The van der Waals surface area contributed by atoms with E-state index in [0.717, 1.165) is 17.8 Å². The number of aryl methyl sites for hydroxylation is 1. The third kappa shape index (κ3) is 2.89. The fourth-order valence-electron chi connectivity index (χ4n) is 2.12. The van der Waals surface area contributed by atoms with Gasteiger partial charge in [0.15, 0.2) is 5.65 Å². The summed E-state index contributed by atoms with van der Waals surface area (Å²) in [5.41, 5.74) is 2.41. The van der Waals surface area contributed by atoms with E-state index in [-0.39, 0.29) is 5.91 Å². The summed E-state index contributed by atoms with van der Waals surface area (Å²) in [6, 6.07) is 7.39. The zero-order valence-electron chi connectivity index (χ0n) is 11.7. The van der Waals surface area contributed by atoms with Crippen LogP contribution in [-0.2, 0) is 6.42 Å². The highest BCUT2D eigenvalue weighted by molar-refractivity contribution is 5.94. The first-order valence-electron chi connectivity index (χ1n) is 6.72. The van der Waals surface area contributed by atoms with E-state index in [1.807, 2.05) is 29.7 Å². The Labute approximate surface area is 121 Å². The van der Waals surface area contributed by atoms with E-state index in [1.165, 1.54) is 0 Å². The summed E-state index contributed by atoms with van der Waals surface area (Å²) < 4.78 is 1.84. The Hall–Kier alpha value is -2.76. The van der Waals surface area contributed by atoms with Crippen LogP contribution >= 0.6 is 0 Å². The maximum Gasteiger partial charge on any atom is 0.251 e. The molecule has 3 rings (SSSR count). The summed E-state index contributed by atoms with van der Waals surface area (Å²) in [5.74, 6) is 0.696. The largest absolute Gasteiger partial charge is 0.352 e. The van der Waals surface area contributed by atoms with E-state index in [4.69, 9.17) is 0 Å². The van der Waals surface area contributed by atoms with Gasteiger partial charge in [-0.3, -0.25) is 14.2 Å². The zero-order valence-corrected chi connectivity index (χ0v) is 11.7. The van der Waals surface area contributed by atoms with Gasteiger partial charge in [0.1, 0.15) is 5.82 Å². The zero-order chi connectivity index (χ0) is 14.7. The van der Waals surface area contributed by atoms with Gasteiger partial charge in [0, 0.05) is 30.7 Å². The number of aromatic nitrogens is 4. The standard InChI is InChI=1S/C15H15N5O/c1-11-18-19-14-10-13(5-9-20(11)14)15(21)17-8-4-12-2-6-16-7-3-12/h2-3,5-7,9-10H,4,8H2,1H3,(H,17,21).